The van der Waals surface area contributed by atoms with Crippen LogP contribution in [-0.4, -0.2) is 28.2 Å². The highest BCUT2D eigenvalue weighted by molar-refractivity contribution is 5.87. The van der Waals surface area contributed by atoms with Gasteiger partial charge in [-0.1, -0.05) is 59.6 Å². The molecule has 0 spiro atoms. The zero-order chi connectivity index (χ0) is 23.5. The van der Waals surface area contributed by atoms with Gasteiger partial charge in [0.2, 0.25) is 0 Å². The molecule has 0 amide bonds. The molecule has 5 aliphatic carbocycles. The van der Waals surface area contributed by atoms with Crippen LogP contribution in [0.15, 0.2) is 11.1 Å². The summed E-state index contributed by atoms with van der Waals surface area (Å²) in [5, 5.41) is 21.9. The van der Waals surface area contributed by atoms with E-state index in [1.54, 1.807) is 0 Å². The highest BCUT2D eigenvalue weighted by atomic mass is 16.3. The molecule has 0 radical (unpaired) electrons. The SMILES string of the molecule is CC1(C)CC2=C3CC(=O)C4[C@@]5(C)CC[C@H](O)C(C)(C)C5CC[C@@]4(C)C3(C)CCC2[C@H](O)C1. The number of hydrogen-bond acceptors (Lipinski definition) is 3. The van der Waals surface area contributed by atoms with Crippen LogP contribution in [0.25, 0.3) is 0 Å². The van der Waals surface area contributed by atoms with Crippen molar-refractivity contribution in [3.8, 4) is 0 Å². The maximum atomic E-state index is 14.1. The van der Waals surface area contributed by atoms with Crippen molar-refractivity contribution in [2.75, 3.05) is 0 Å². The Bertz CT molecular complexity index is 868. The number of carbonyl (C=O) groups excluding carboxylic acids is 1. The molecule has 3 heteroatoms. The summed E-state index contributed by atoms with van der Waals surface area (Å²) in [6, 6.07) is 0. The van der Waals surface area contributed by atoms with Gasteiger partial charge in [-0.05, 0) is 84.4 Å². The summed E-state index contributed by atoms with van der Waals surface area (Å²) in [4.78, 5) is 14.1. The van der Waals surface area contributed by atoms with E-state index < -0.39 is 0 Å². The number of allylic oxidation sites excluding steroid dienone is 1. The van der Waals surface area contributed by atoms with Crippen molar-refractivity contribution >= 4 is 5.78 Å². The lowest BCUT2D eigenvalue weighted by molar-refractivity contribution is -0.203. The Labute approximate surface area is 195 Å². The number of carbonyl (C=O) groups is 1. The quantitative estimate of drug-likeness (QED) is 0.447. The van der Waals surface area contributed by atoms with E-state index in [1.165, 1.54) is 11.1 Å². The first-order valence-corrected chi connectivity index (χ1v) is 13.3. The predicted octanol–water partition coefficient (Wildman–Crippen LogP) is 6.07. The first-order valence-electron chi connectivity index (χ1n) is 13.3. The molecule has 0 aromatic rings. The molecule has 4 unspecified atom stereocenters. The molecule has 0 aromatic heterocycles. The van der Waals surface area contributed by atoms with Gasteiger partial charge in [-0.3, -0.25) is 4.79 Å². The first kappa shape index (κ1) is 23.1. The number of fused-ring (bicyclic) bond motifs is 6. The second-order valence-corrected chi connectivity index (χ2v) is 14.6. The zero-order valence-corrected chi connectivity index (χ0v) is 21.6. The topological polar surface area (TPSA) is 57.5 Å². The lowest BCUT2D eigenvalue weighted by Crippen LogP contribution is -2.66. The lowest BCUT2D eigenvalue weighted by Gasteiger charge is -2.69. The summed E-state index contributed by atoms with van der Waals surface area (Å²) in [6.45, 7) is 16.4. The normalized spacial score (nSPS) is 51.9. The molecule has 0 saturated heterocycles. The number of ketones is 1. The highest BCUT2D eigenvalue weighted by Crippen LogP contribution is 2.73. The smallest absolute Gasteiger partial charge is 0.141 e. The molecule has 180 valence electrons. The minimum atomic E-state index is -0.265. The fourth-order valence-corrected chi connectivity index (χ4v) is 10.3. The summed E-state index contributed by atoms with van der Waals surface area (Å²) >= 11 is 0. The van der Waals surface area contributed by atoms with Crippen molar-refractivity contribution < 1.29 is 15.0 Å². The molecule has 0 aromatic carbocycles. The second-order valence-electron chi connectivity index (χ2n) is 14.6. The Morgan fingerprint density at radius 1 is 0.875 bits per heavy atom. The minimum absolute atomic E-state index is 0.0335. The van der Waals surface area contributed by atoms with Gasteiger partial charge < -0.3 is 10.2 Å². The van der Waals surface area contributed by atoms with Crippen LogP contribution in [0.2, 0.25) is 0 Å². The number of aliphatic hydroxyl groups is 2. The largest absolute Gasteiger partial charge is 0.393 e. The van der Waals surface area contributed by atoms with Crippen LogP contribution in [0.5, 0.6) is 0 Å². The average molecular weight is 443 g/mol. The maximum Gasteiger partial charge on any atom is 0.141 e. The molecule has 0 bridgehead atoms. The molecule has 5 aliphatic rings. The Kier molecular flexibility index (Phi) is 4.85. The number of aliphatic hydroxyl groups excluding tert-OH is 2. The number of hydrogen-bond donors (Lipinski definition) is 2. The third-order valence-electron chi connectivity index (χ3n) is 12.0. The second kappa shape index (κ2) is 6.72. The van der Waals surface area contributed by atoms with Crippen LogP contribution in [0.4, 0.5) is 0 Å². The third-order valence-corrected chi connectivity index (χ3v) is 12.0. The van der Waals surface area contributed by atoms with E-state index in [4.69, 9.17) is 0 Å². The fraction of sp³-hybridized carbons (Fsp3) is 0.897. The lowest BCUT2D eigenvalue weighted by atomic mass is 9.34. The summed E-state index contributed by atoms with van der Waals surface area (Å²) in [6.07, 6.45) is 8.09. The van der Waals surface area contributed by atoms with E-state index >= 15 is 0 Å². The van der Waals surface area contributed by atoms with Gasteiger partial charge in [0.1, 0.15) is 5.78 Å². The minimum Gasteiger partial charge on any atom is -0.393 e. The molecular formula is C29H46O3. The Balaban J connectivity index is 1.63. The van der Waals surface area contributed by atoms with Crippen molar-refractivity contribution in [3.63, 3.8) is 0 Å². The van der Waals surface area contributed by atoms with Crippen molar-refractivity contribution in [2.45, 2.75) is 118 Å². The van der Waals surface area contributed by atoms with Crippen LogP contribution < -0.4 is 0 Å². The molecule has 0 aliphatic heterocycles. The van der Waals surface area contributed by atoms with Crippen LogP contribution in [0.3, 0.4) is 0 Å². The van der Waals surface area contributed by atoms with E-state index in [0.717, 1.165) is 51.4 Å². The zero-order valence-electron chi connectivity index (χ0n) is 21.6. The van der Waals surface area contributed by atoms with Gasteiger partial charge in [-0.2, -0.15) is 0 Å². The van der Waals surface area contributed by atoms with Gasteiger partial charge in [0, 0.05) is 18.3 Å². The molecule has 3 nitrogen and oxygen atoms in total. The number of Topliss-reactive ketones (excluding diaryl/α,β-unsaturated/α-hetero) is 1. The summed E-state index contributed by atoms with van der Waals surface area (Å²) in [5.41, 5.74) is 2.80. The number of rotatable bonds is 0. The molecule has 2 N–H and O–H groups in total. The molecule has 4 fully saturated rings. The average Bonchev–Trinajstić information content (AvgIpc) is 2.65. The van der Waals surface area contributed by atoms with E-state index in [1.807, 2.05) is 0 Å². The Morgan fingerprint density at radius 3 is 2.25 bits per heavy atom. The van der Waals surface area contributed by atoms with Gasteiger partial charge in [0.25, 0.3) is 0 Å². The van der Waals surface area contributed by atoms with Crippen LogP contribution in [-0.2, 0) is 4.79 Å². The van der Waals surface area contributed by atoms with Crippen LogP contribution in [0, 0.1) is 44.8 Å². The van der Waals surface area contributed by atoms with Gasteiger partial charge in [0.05, 0.1) is 12.2 Å². The standard InChI is InChI=1S/C29H46O3/c1-25(2)15-18-17(21(31)16-25)8-12-28(6)19(18)14-20(30)24-27(5)11-10-23(32)26(3,4)22(27)9-13-29(24,28)7/h17,21-24,31-32H,8-16H2,1-7H3/t17?,21-,22?,23+,24?,27+,28?,29-/m1/s1. The van der Waals surface area contributed by atoms with Gasteiger partial charge >= 0.3 is 0 Å². The Hall–Kier alpha value is -0.670. The van der Waals surface area contributed by atoms with E-state index in [-0.39, 0.29) is 51.1 Å². The van der Waals surface area contributed by atoms with Crippen molar-refractivity contribution in [2.24, 2.45) is 44.8 Å². The van der Waals surface area contributed by atoms with Crippen LogP contribution >= 0.6 is 0 Å². The summed E-state index contributed by atoms with van der Waals surface area (Å²) in [7, 11) is 0. The summed E-state index contributed by atoms with van der Waals surface area (Å²) < 4.78 is 0. The van der Waals surface area contributed by atoms with E-state index in [0.29, 0.717) is 18.1 Å². The molecular weight excluding hydrogens is 396 g/mol. The first-order chi connectivity index (χ1) is 14.7. The van der Waals surface area contributed by atoms with Crippen molar-refractivity contribution in [1.29, 1.82) is 0 Å². The van der Waals surface area contributed by atoms with Crippen molar-refractivity contribution in [3.05, 3.63) is 11.1 Å². The van der Waals surface area contributed by atoms with Crippen LogP contribution in [0.1, 0.15) is 106 Å². The maximum absolute atomic E-state index is 14.1. The van der Waals surface area contributed by atoms with Gasteiger partial charge in [-0.25, -0.2) is 0 Å². The van der Waals surface area contributed by atoms with Gasteiger partial charge in [-0.15, -0.1) is 0 Å². The fourth-order valence-electron chi connectivity index (χ4n) is 10.3. The molecule has 8 atom stereocenters. The molecule has 32 heavy (non-hydrogen) atoms. The van der Waals surface area contributed by atoms with Gasteiger partial charge in [0.15, 0.2) is 0 Å². The Morgan fingerprint density at radius 2 is 1.56 bits per heavy atom. The highest BCUT2D eigenvalue weighted by Gasteiger charge is 2.69. The molecule has 5 rings (SSSR count). The van der Waals surface area contributed by atoms with E-state index in [9.17, 15) is 15.0 Å². The molecule has 4 saturated carbocycles. The third kappa shape index (κ3) is 2.76. The van der Waals surface area contributed by atoms with Crippen molar-refractivity contribution in [1.82, 2.24) is 0 Å². The summed E-state index contributed by atoms with van der Waals surface area (Å²) in [5.74, 6) is 1.18. The predicted molar refractivity (Wildman–Crippen MR) is 128 cm³/mol. The molecule has 0 heterocycles. The van der Waals surface area contributed by atoms with E-state index in [2.05, 4.69) is 48.5 Å². The monoisotopic (exact) mass is 442 g/mol.